The molecule has 7 nitrogen and oxygen atoms in total. The van der Waals surface area contributed by atoms with Crippen molar-refractivity contribution in [1.29, 1.82) is 0 Å². The fraction of sp³-hybridized carbons (Fsp3) is 0.176. The standard InChI is InChI=1S/C17H15ClN4O3/c1-3-25-17(23)15-16(22-10-11(18)8-9-14(22)19-15)21-20-12-6-4-5-7-13(12)24-2/h4-10H,3H2,1-2H3. The number of carbonyl (C=O) groups is 1. The summed E-state index contributed by atoms with van der Waals surface area (Å²) in [5.74, 6) is 0.231. The molecular weight excluding hydrogens is 344 g/mol. The van der Waals surface area contributed by atoms with Crippen LogP contribution in [-0.2, 0) is 4.74 Å². The van der Waals surface area contributed by atoms with E-state index in [0.29, 0.717) is 22.1 Å². The highest BCUT2D eigenvalue weighted by Gasteiger charge is 2.20. The van der Waals surface area contributed by atoms with Crippen LogP contribution in [0.1, 0.15) is 17.4 Å². The van der Waals surface area contributed by atoms with Crippen molar-refractivity contribution in [2.24, 2.45) is 10.2 Å². The van der Waals surface area contributed by atoms with Gasteiger partial charge >= 0.3 is 5.97 Å². The number of carbonyl (C=O) groups excluding carboxylic acids is 1. The van der Waals surface area contributed by atoms with Crippen LogP contribution in [0, 0.1) is 0 Å². The normalized spacial score (nSPS) is 11.2. The Labute approximate surface area is 148 Å². The van der Waals surface area contributed by atoms with E-state index < -0.39 is 5.97 Å². The van der Waals surface area contributed by atoms with E-state index in [4.69, 9.17) is 21.1 Å². The van der Waals surface area contributed by atoms with Crippen molar-refractivity contribution in [3.63, 3.8) is 0 Å². The maximum Gasteiger partial charge on any atom is 0.360 e. The van der Waals surface area contributed by atoms with Gasteiger partial charge in [-0.3, -0.25) is 4.40 Å². The van der Waals surface area contributed by atoms with E-state index in [1.54, 1.807) is 48.9 Å². The third-order valence-corrected chi connectivity index (χ3v) is 3.59. The zero-order chi connectivity index (χ0) is 17.8. The van der Waals surface area contributed by atoms with Gasteiger partial charge in [-0.1, -0.05) is 23.7 Å². The van der Waals surface area contributed by atoms with E-state index >= 15 is 0 Å². The third kappa shape index (κ3) is 3.46. The van der Waals surface area contributed by atoms with Crippen molar-refractivity contribution >= 4 is 34.7 Å². The highest BCUT2D eigenvalue weighted by Crippen LogP contribution is 2.30. The van der Waals surface area contributed by atoms with Gasteiger partial charge in [0.25, 0.3) is 0 Å². The molecule has 0 bridgehead atoms. The van der Waals surface area contributed by atoms with Gasteiger partial charge in [-0.15, -0.1) is 10.2 Å². The lowest BCUT2D eigenvalue weighted by Gasteiger charge is -2.03. The molecule has 0 fully saturated rings. The number of nitrogens with zero attached hydrogens (tertiary/aromatic N) is 4. The number of fused-ring (bicyclic) bond motifs is 1. The average molecular weight is 359 g/mol. The number of aromatic nitrogens is 2. The summed E-state index contributed by atoms with van der Waals surface area (Å²) in [7, 11) is 1.55. The summed E-state index contributed by atoms with van der Waals surface area (Å²) in [6.07, 6.45) is 1.61. The fourth-order valence-electron chi connectivity index (χ4n) is 2.25. The lowest BCUT2D eigenvalue weighted by atomic mass is 10.3. The predicted molar refractivity (Wildman–Crippen MR) is 93.3 cm³/mol. The van der Waals surface area contributed by atoms with Gasteiger partial charge < -0.3 is 9.47 Å². The van der Waals surface area contributed by atoms with Crippen LogP contribution < -0.4 is 4.74 Å². The first-order valence-electron chi connectivity index (χ1n) is 7.53. The molecule has 0 saturated heterocycles. The second-order valence-electron chi connectivity index (χ2n) is 4.95. The number of esters is 1. The summed E-state index contributed by atoms with van der Waals surface area (Å²) in [5, 5.41) is 8.87. The van der Waals surface area contributed by atoms with Gasteiger partial charge in [0, 0.05) is 6.20 Å². The van der Waals surface area contributed by atoms with E-state index in [1.165, 1.54) is 0 Å². The minimum Gasteiger partial charge on any atom is -0.494 e. The van der Waals surface area contributed by atoms with Crippen LogP contribution >= 0.6 is 11.6 Å². The molecular formula is C17H15ClN4O3. The Morgan fingerprint density at radius 3 is 2.80 bits per heavy atom. The Hall–Kier alpha value is -2.93. The molecule has 0 atom stereocenters. The van der Waals surface area contributed by atoms with Gasteiger partial charge in [-0.25, -0.2) is 9.78 Å². The summed E-state index contributed by atoms with van der Waals surface area (Å²) in [5.41, 5.74) is 1.11. The number of benzene rings is 1. The number of halogens is 1. The zero-order valence-corrected chi connectivity index (χ0v) is 14.4. The van der Waals surface area contributed by atoms with Gasteiger partial charge in [0.1, 0.15) is 17.1 Å². The SMILES string of the molecule is CCOC(=O)c1nc2ccc(Cl)cn2c1N=Nc1ccccc1OC. The van der Waals surface area contributed by atoms with Crippen molar-refractivity contribution in [3.05, 3.63) is 53.3 Å². The van der Waals surface area contributed by atoms with Crippen LogP contribution in [0.4, 0.5) is 11.5 Å². The average Bonchev–Trinajstić information content (AvgIpc) is 2.98. The topological polar surface area (TPSA) is 77.5 Å². The summed E-state index contributed by atoms with van der Waals surface area (Å²) in [6.45, 7) is 1.96. The maximum absolute atomic E-state index is 12.2. The fourth-order valence-corrected chi connectivity index (χ4v) is 2.41. The second-order valence-corrected chi connectivity index (χ2v) is 5.39. The smallest absolute Gasteiger partial charge is 0.360 e. The van der Waals surface area contributed by atoms with Crippen molar-refractivity contribution in [3.8, 4) is 5.75 Å². The van der Waals surface area contributed by atoms with Gasteiger partial charge in [-0.2, -0.15) is 0 Å². The van der Waals surface area contributed by atoms with Crippen molar-refractivity contribution in [2.75, 3.05) is 13.7 Å². The first-order valence-corrected chi connectivity index (χ1v) is 7.91. The lowest BCUT2D eigenvalue weighted by molar-refractivity contribution is 0.0521. The Morgan fingerprint density at radius 2 is 2.04 bits per heavy atom. The van der Waals surface area contributed by atoms with Crippen LogP contribution in [0.3, 0.4) is 0 Å². The minimum atomic E-state index is -0.573. The lowest BCUT2D eigenvalue weighted by Crippen LogP contribution is -2.05. The van der Waals surface area contributed by atoms with Crippen molar-refractivity contribution < 1.29 is 14.3 Å². The van der Waals surface area contributed by atoms with Gasteiger partial charge in [-0.05, 0) is 31.2 Å². The number of imidazole rings is 1. The van der Waals surface area contributed by atoms with Gasteiger partial charge in [0.05, 0.1) is 18.7 Å². The number of rotatable bonds is 5. The molecule has 0 unspecified atom stereocenters. The van der Waals surface area contributed by atoms with Crippen LogP contribution in [0.15, 0.2) is 52.8 Å². The molecule has 25 heavy (non-hydrogen) atoms. The molecule has 0 aliphatic rings. The summed E-state index contributed by atoms with van der Waals surface area (Å²) >= 11 is 6.05. The second kappa shape index (κ2) is 7.31. The summed E-state index contributed by atoms with van der Waals surface area (Å²) in [4.78, 5) is 16.5. The predicted octanol–water partition coefficient (Wildman–Crippen LogP) is 4.59. The number of azo groups is 1. The molecule has 3 aromatic rings. The molecule has 0 amide bonds. The molecule has 0 N–H and O–H groups in total. The summed E-state index contributed by atoms with van der Waals surface area (Å²) in [6, 6.07) is 10.5. The monoisotopic (exact) mass is 358 g/mol. The van der Waals surface area contributed by atoms with Crippen LogP contribution in [0.25, 0.3) is 5.65 Å². The summed E-state index contributed by atoms with van der Waals surface area (Å²) < 4.78 is 11.9. The molecule has 2 aromatic heterocycles. The Kier molecular flexibility index (Phi) is 4.95. The highest BCUT2D eigenvalue weighted by atomic mass is 35.5. The van der Waals surface area contributed by atoms with E-state index in [9.17, 15) is 4.79 Å². The number of ether oxygens (including phenoxy) is 2. The Balaban J connectivity index is 2.12. The Bertz CT molecular complexity index is 952. The van der Waals surface area contributed by atoms with Crippen LogP contribution in [0.5, 0.6) is 5.75 Å². The highest BCUT2D eigenvalue weighted by molar-refractivity contribution is 6.30. The maximum atomic E-state index is 12.2. The number of hydrogen-bond donors (Lipinski definition) is 0. The zero-order valence-electron chi connectivity index (χ0n) is 13.6. The molecule has 0 radical (unpaired) electrons. The molecule has 0 aliphatic carbocycles. The third-order valence-electron chi connectivity index (χ3n) is 3.36. The quantitative estimate of drug-likeness (QED) is 0.493. The molecule has 8 heteroatoms. The number of methoxy groups -OCH3 is 1. The van der Waals surface area contributed by atoms with Gasteiger partial charge in [0.2, 0.25) is 0 Å². The molecule has 0 aliphatic heterocycles. The van der Waals surface area contributed by atoms with Crippen LogP contribution in [0.2, 0.25) is 5.02 Å². The molecule has 2 heterocycles. The molecule has 3 rings (SSSR count). The van der Waals surface area contributed by atoms with E-state index in [1.807, 2.05) is 12.1 Å². The van der Waals surface area contributed by atoms with E-state index in [2.05, 4.69) is 15.2 Å². The Morgan fingerprint density at radius 1 is 1.24 bits per heavy atom. The van der Waals surface area contributed by atoms with E-state index in [0.717, 1.165) is 0 Å². The molecule has 0 spiro atoms. The van der Waals surface area contributed by atoms with Crippen LogP contribution in [-0.4, -0.2) is 29.1 Å². The van der Waals surface area contributed by atoms with Gasteiger partial charge in [0.15, 0.2) is 11.5 Å². The number of para-hydroxylation sites is 1. The van der Waals surface area contributed by atoms with Crippen molar-refractivity contribution in [1.82, 2.24) is 9.38 Å². The number of pyridine rings is 1. The minimum absolute atomic E-state index is 0.0720. The molecule has 128 valence electrons. The van der Waals surface area contributed by atoms with E-state index in [-0.39, 0.29) is 18.1 Å². The number of hydrogen-bond acceptors (Lipinski definition) is 6. The first-order chi connectivity index (χ1) is 12.1. The first kappa shape index (κ1) is 16.9. The molecule has 1 aromatic carbocycles. The molecule has 0 saturated carbocycles. The van der Waals surface area contributed by atoms with Crippen molar-refractivity contribution in [2.45, 2.75) is 6.92 Å². The largest absolute Gasteiger partial charge is 0.494 e.